The number of hydrogen-bond donors (Lipinski definition) is 1. The third-order valence-corrected chi connectivity index (χ3v) is 5.28. The number of benzene rings is 2. The predicted octanol–water partition coefficient (Wildman–Crippen LogP) is 5.12. The second-order valence-electron chi connectivity index (χ2n) is 7.71. The lowest BCUT2D eigenvalue weighted by Crippen LogP contribution is -2.47. The van der Waals surface area contributed by atoms with Crippen LogP contribution >= 0.6 is 0 Å². The first-order chi connectivity index (χ1) is 14.3. The summed E-state index contributed by atoms with van der Waals surface area (Å²) >= 11 is 0. The molecule has 0 spiro atoms. The summed E-state index contributed by atoms with van der Waals surface area (Å²) in [5, 5.41) is 9.80. The van der Waals surface area contributed by atoms with Gasteiger partial charge < -0.3 is 14.6 Å². The van der Waals surface area contributed by atoms with Crippen molar-refractivity contribution in [3.8, 4) is 0 Å². The van der Waals surface area contributed by atoms with Crippen LogP contribution in [0.25, 0.3) is 6.08 Å². The normalized spacial score (nSPS) is 20.4. The van der Waals surface area contributed by atoms with Crippen molar-refractivity contribution in [1.29, 1.82) is 0 Å². The van der Waals surface area contributed by atoms with E-state index in [1.165, 1.54) is 12.0 Å². The summed E-state index contributed by atoms with van der Waals surface area (Å²) in [4.78, 5) is 24.9. The van der Waals surface area contributed by atoms with Crippen molar-refractivity contribution in [2.75, 3.05) is 7.11 Å². The maximum atomic E-state index is 12.0. The van der Waals surface area contributed by atoms with Gasteiger partial charge in [0.1, 0.15) is 11.8 Å². The van der Waals surface area contributed by atoms with Crippen LogP contribution in [0.4, 0.5) is 4.79 Å². The molecule has 0 saturated carbocycles. The van der Waals surface area contributed by atoms with Gasteiger partial charge in [0, 0.05) is 0 Å². The average molecular weight is 409 g/mol. The average Bonchev–Trinajstić information content (AvgIpc) is 3.02. The van der Waals surface area contributed by atoms with Gasteiger partial charge in [-0.05, 0) is 49.9 Å². The lowest BCUT2D eigenvalue weighted by atomic mass is 9.97. The van der Waals surface area contributed by atoms with E-state index in [-0.39, 0.29) is 18.1 Å². The zero-order chi connectivity index (χ0) is 21.7. The Morgan fingerprint density at radius 1 is 1.13 bits per heavy atom. The third-order valence-electron chi connectivity index (χ3n) is 5.28. The lowest BCUT2D eigenvalue weighted by molar-refractivity contribution is -0.0673. The number of ether oxygens (including phenoxy) is 2. The Bertz CT molecular complexity index is 905. The number of nitrogens with zero attached hydrogens (tertiary/aromatic N) is 1. The second-order valence-corrected chi connectivity index (χ2v) is 7.71. The van der Waals surface area contributed by atoms with Gasteiger partial charge in [-0.25, -0.2) is 9.59 Å². The van der Waals surface area contributed by atoms with Crippen LogP contribution in [0.1, 0.15) is 54.3 Å². The Morgan fingerprint density at radius 3 is 2.40 bits per heavy atom. The molecule has 158 valence electrons. The van der Waals surface area contributed by atoms with Crippen LogP contribution in [-0.2, 0) is 9.47 Å². The topological polar surface area (TPSA) is 76.1 Å². The highest BCUT2D eigenvalue weighted by Crippen LogP contribution is 2.42. The standard InChI is InChI=1S/C24H27NO5/c1-24(2)25(23(27)28)20(21(30-24)18-10-5-4-6-11-18)12-8-7-9-17-13-15-19(16-14-17)22(26)29-3/h4-7,9-11,13-16,20-21H,8,12H2,1-3H3,(H,27,28)/t20-,21-/m1/s1. The molecule has 1 aliphatic heterocycles. The maximum absolute atomic E-state index is 12.0. The van der Waals surface area contributed by atoms with Gasteiger partial charge in [-0.15, -0.1) is 0 Å². The highest BCUT2D eigenvalue weighted by atomic mass is 16.6. The van der Waals surface area contributed by atoms with Gasteiger partial charge in [0.25, 0.3) is 0 Å². The van der Waals surface area contributed by atoms with Gasteiger partial charge >= 0.3 is 12.1 Å². The lowest BCUT2D eigenvalue weighted by Gasteiger charge is -2.30. The molecule has 1 amide bonds. The SMILES string of the molecule is COC(=O)c1ccc(C=CCC[C@@H]2[C@@H](c3ccccc3)OC(C)(C)N2C(=O)O)cc1. The highest BCUT2D eigenvalue weighted by molar-refractivity contribution is 5.89. The van der Waals surface area contributed by atoms with E-state index in [1.54, 1.807) is 26.0 Å². The Kier molecular flexibility index (Phi) is 6.57. The molecule has 2 atom stereocenters. The number of carbonyl (C=O) groups is 2. The molecule has 1 fully saturated rings. The summed E-state index contributed by atoms with van der Waals surface area (Å²) in [5.41, 5.74) is 1.54. The quantitative estimate of drug-likeness (QED) is 0.670. The second kappa shape index (κ2) is 9.13. The minimum Gasteiger partial charge on any atom is -0.465 e. The summed E-state index contributed by atoms with van der Waals surface area (Å²) in [5.74, 6) is -0.366. The largest absolute Gasteiger partial charge is 0.465 e. The molecule has 3 rings (SSSR count). The summed E-state index contributed by atoms with van der Waals surface area (Å²) < 4.78 is 10.9. The van der Waals surface area contributed by atoms with Crippen molar-refractivity contribution >= 4 is 18.1 Å². The van der Waals surface area contributed by atoms with E-state index >= 15 is 0 Å². The van der Waals surface area contributed by atoms with E-state index in [2.05, 4.69) is 0 Å². The zero-order valence-corrected chi connectivity index (χ0v) is 17.4. The molecule has 2 aromatic carbocycles. The van der Waals surface area contributed by atoms with E-state index in [0.29, 0.717) is 18.4 Å². The summed E-state index contributed by atoms with van der Waals surface area (Å²) in [6, 6.07) is 16.6. The summed E-state index contributed by atoms with van der Waals surface area (Å²) in [6.07, 6.45) is 4.00. The fraction of sp³-hybridized carbons (Fsp3) is 0.333. The predicted molar refractivity (Wildman–Crippen MR) is 114 cm³/mol. The Morgan fingerprint density at radius 2 is 1.80 bits per heavy atom. The molecule has 0 bridgehead atoms. The van der Waals surface area contributed by atoms with Crippen LogP contribution in [0.2, 0.25) is 0 Å². The van der Waals surface area contributed by atoms with Crippen molar-refractivity contribution in [3.63, 3.8) is 0 Å². The van der Waals surface area contributed by atoms with Crippen LogP contribution in [0.5, 0.6) is 0 Å². The number of esters is 1. The number of hydrogen-bond acceptors (Lipinski definition) is 4. The summed E-state index contributed by atoms with van der Waals surface area (Å²) in [6.45, 7) is 3.57. The fourth-order valence-electron chi connectivity index (χ4n) is 3.90. The van der Waals surface area contributed by atoms with E-state index in [9.17, 15) is 14.7 Å². The molecule has 30 heavy (non-hydrogen) atoms. The van der Waals surface area contributed by atoms with Crippen molar-refractivity contribution in [3.05, 3.63) is 77.4 Å². The molecule has 1 saturated heterocycles. The highest BCUT2D eigenvalue weighted by Gasteiger charge is 2.50. The van der Waals surface area contributed by atoms with Crippen LogP contribution in [0, 0.1) is 0 Å². The minimum atomic E-state index is -0.981. The molecule has 1 heterocycles. The van der Waals surface area contributed by atoms with Gasteiger partial charge in [0.15, 0.2) is 0 Å². The van der Waals surface area contributed by atoms with Gasteiger partial charge in [0.05, 0.1) is 18.7 Å². The van der Waals surface area contributed by atoms with Crippen LogP contribution in [-0.4, -0.2) is 40.9 Å². The van der Waals surface area contributed by atoms with Crippen molar-refractivity contribution in [2.45, 2.75) is 44.6 Å². The van der Waals surface area contributed by atoms with Crippen LogP contribution < -0.4 is 0 Å². The first kappa shape index (κ1) is 21.6. The number of rotatable bonds is 6. The van der Waals surface area contributed by atoms with E-state index in [4.69, 9.17) is 9.47 Å². The van der Waals surface area contributed by atoms with Crippen molar-refractivity contribution < 1.29 is 24.2 Å². The number of amides is 1. The maximum Gasteiger partial charge on any atom is 0.409 e. The summed E-state index contributed by atoms with van der Waals surface area (Å²) in [7, 11) is 1.35. The molecule has 1 aliphatic rings. The van der Waals surface area contributed by atoms with Gasteiger partial charge in [-0.1, -0.05) is 54.6 Å². The molecular formula is C24H27NO5. The Hall–Kier alpha value is -3.12. The molecule has 0 aliphatic carbocycles. The molecule has 6 heteroatoms. The van der Waals surface area contributed by atoms with Crippen LogP contribution in [0.15, 0.2) is 60.7 Å². The van der Waals surface area contributed by atoms with E-state index in [0.717, 1.165) is 11.1 Å². The molecule has 0 aromatic heterocycles. The third kappa shape index (κ3) is 4.71. The molecule has 2 aromatic rings. The first-order valence-electron chi connectivity index (χ1n) is 9.93. The van der Waals surface area contributed by atoms with Crippen LogP contribution in [0.3, 0.4) is 0 Å². The van der Waals surface area contributed by atoms with Gasteiger partial charge in [-0.2, -0.15) is 0 Å². The van der Waals surface area contributed by atoms with E-state index < -0.39 is 11.8 Å². The molecule has 1 N–H and O–H groups in total. The van der Waals surface area contributed by atoms with Crippen molar-refractivity contribution in [2.24, 2.45) is 0 Å². The monoisotopic (exact) mass is 409 g/mol. The minimum absolute atomic E-state index is 0.286. The number of methoxy groups -OCH3 is 1. The smallest absolute Gasteiger partial charge is 0.409 e. The fourth-order valence-corrected chi connectivity index (χ4v) is 3.90. The number of carbonyl (C=O) groups excluding carboxylic acids is 1. The van der Waals surface area contributed by atoms with E-state index in [1.807, 2.05) is 54.6 Å². The Labute approximate surface area is 176 Å². The Balaban J connectivity index is 1.71. The molecule has 0 unspecified atom stereocenters. The van der Waals surface area contributed by atoms with Gasteiger partial charge in [-0.3, -0.25) is 4.90 Å². The van der Waals surface area contributed by atoms with Crippen molar-refractivity contribution in [1.82, 2.24) is 4.90 Å². The number of allylic oxidation sites excluding steroid dienone is 1. The molecule has 6 nitrogen and oxygen atoms in total. The number of carboxylic acid groups (broad SMARTS) is 1. The molecule has 0 radical (unpaired) electrons. The molecular weight excluding hydrogens is 382 g/mol. The first-order valence-corrected chi connectivity index (χ1v) is 9.93. The zero-order valence-electron chi connectivity index (χ0n) is 17.4. The van der Waals surface area contributed by atoms with Gasteiger partial charge in [0.2, 0.25) is 0 Å².